The number of carboxylic acid groups (broad SMARTS) is 1. The van der Waals surface area contributed by atoms with Gasteiger partial charge in [-0.25, -0.2) is 4.79 Å². The lowest BCUT2D eigenvalue weighted by Crippen LogP contribution is -2.46. The van der Waals surface area contributed by atoms with Gasteiger partial charge in [-0.05, 0) is 44.4 Å². The van der Waals surface area contributed by atoms with Crippen molar-refractivity contribution in [2.45, 2.75) is 26.7 Å². The van der Waals surface area contributed by atoms with Crippen molar-refractivity contribution in [2.75, 3.05) is 18.4 Å². The Balaban J connectivity index is 1.96. The van der Waals surface area contributed by atoms with Gasteiger partial charge in [-0.2, -0.15) is 0 Å². The number of likely N-dealkylation sites (tertiary alicyclic amines) is 1. The molecule has 114 valence electrons. The largest absolute Gasteiger partial charge is 0.481 e. The summed E-state index contributed by atoms with van der Waals surface area (Å²) in [7, 11) is 0. The first-order valence-corrected chi connectivity index (χ1v) is 7.25. The number of benzene rings is 1. The first-order chi connectivity index (χ1) is 9.82. The molecule has 1 aromatic carbocycles. The van der Waals surface area contributed by atoms with Crippen molar-refractivity contribution < 1.29 is 14.7 Å². The molecule has 21 heavy (non-hydrogen) atoms. The van der Waals surface area contributed by atoms with E-state index in [1.807, 2.05) is 13.0 Å². The van der Waals surface area contributed by atoms with E-state index in [1.54, 1.807) is 24.0 Å². The Morgan fingerprint density at radius 1 is 1.33 bits per heavy atom. The number of aliphatic carboxylic acids is 1. The maximum atomic E-state index is 12.2. The molecule has 0 aliphatic carbocycles. The van der Waals surface area contributed by atoms with Gasteiger partial charge in [-0.3, -0.25) is 4.79 Å². The van der Waals surface area contributed by atoms with E-state index in [0.717, 1.165) is 5.56 Å². The van der Waals surface area contributed by atoms with Crippen LogP contribution in [0, 0.1) is 12.3 Å². The lowest BCUT2D eigenvalue weighted by atomic mass is 9.80. The predicted molar refractivity (Wildman–Crippen MR) is 81.8 cm³/mol. The molecule has 0 radical (unpaired) electrons. The highest BCUT2D eigenvalue weighted by atomic mass is 35.5. The van der Waals surface area contributed by atoms with Crippen LogP contribution in [0.5, 0.6) is 0 Å². The monoisotopic (exact) mass is 310 g/mol. The molecule has 1 aliphatic heterocycles. The minimum atomic E-state index is -0.798. The van der Waals surface area contributed by atoms with E-state index in [0.29, 0.717) is 36.6 Å². The molecule has 1 aromatic rings. The number of urea groups is 1. The number of carboxylic acids is 1. The zero-order valence-electron chi connectivity index (χ0n) is 12.1. The van der Waals surface area contributed by atoms with Crippen LogP contribution in [0.4, 0.5) is 10.5 Å². The lowest BCUT2D eigenvalue weighted by Gasteiger charge is -2.36. The minimum Gasteiger partial charge on any atom is -0.481 e. The maximum Gasteiger partial charge on any atom is 0.321 e. The van der Waals surface area contributed by atoms with Gasteiger partial charge >= 0.3 is 12.0 Å². The first kappa shape index (κ1) is 15.6. The fourth-order valence-corrected chi connectivity index (χ4v) is 2.47. The number of rotatable bonds is 2. The smallest absolute Gasteiger partial charge is 0.321 e. The molecule has 0 atom stereocenters. The summed E-state index contributed by atoms with van der Waals surface area (Å²) in [5.74, 6) is -0.798. The second-order valence-electron chi connectivity index (χ2n) is 5.75. The van der Waals surface area contributed by atoms with E-state index in [2.05, 4.69) is 5.32 Å². The molecule has 0 saturated carbocycles. The third-order valence-electron chi connectivity index (χ3n) is 4.09. The highest BCUT2D eigenvalue weighted by Gasteiger charge is 2.38. The average Bonchev–Trinajstić information content (AvgIpc) is 2.43. The Kier molecular flexibility index (Phi) is 4.42. The molecular formula is C15H19ClN2O3. The SMILES string of the molecule is Cc1ccc(NC(=O)N2CCC(C)(C(=O)O)CC2)cc1Cl. The summed E-state index contributed by atoms with van der Waals surface area (Å²) in [5.41, 5.74) is 0.858. The van der Waals surface area contributed by atoms with Crippen molar-refractivity contribution in [1.82, 2.24) is 4.90 Å². The van der Waals surface area contributed by atoms with Gasteiger partial charge in [-0.1, -0.05) is 17.7 Å². The van der Waals surface area contributed by atoms with Crippen molar-refractivity contribution in [2.24, 2.45) is 5.41 Å². The molecule has 2 rings (SSSR count). The maximum absolute atomic E-state index is 12.2. The molecule has 0 bridgehead atoms. The van der Waals surface area contributed by atoms with E-state index in [4.69, 9.17) is 11.6 Å². The van der Waals surface area contributed by atoms with Crippen LogP contribution < -0.4 is 5.32 Å². The van der Waals surface area contributed by atoms with Gasteiger partial charge in [0.05, 0.1) is 5.41 Å². The molecule has 1 saturated heterocycles. The summed E-state index contributed by atoms with van der Waals surface area (Å²) in [6.45, 7) is 4.50. The van der Waals surface area contributed by atoms with Gasteiger partial charge in [0.25, 0.3) is 0 Å². The number of nitrogens with zero attached hydrogens (tertiary/aromatic N) is 1. The summed E-state index contributed by atoms with van der Waals surface area (Å²) in [5, 5.41) is 12.6. The van der Waals surface area contributed by atoms with Crippen molar-refractivity contribution in [3.63, 3.8) is 0 Å². The van der Waals surface area contributed by atoms with Crippen LogP contribution in [-0.4, -0.2) is 35.1 Å². The molecule has 0 unspecified atom stereocenters. The first-order valence-electron chi connectivity index (χ1n) is 6.87. The summed E-state index contributed by atoms with van der Waals surface area (Å²) < 4.78 is 0. The van der Waals surface area contributed by atoms with Crippen LogP contribution in [0.3, 0.4) is 0 Å². The molecule has 0 aromatic heterocycles. The number of hydrogen-bond acceptors (Lipinski definition) is 2. The summed E-state index contributed by atoms with van der Waals surface area (Å²) >= 11 is 6.03. The molecule has 1 fully saturated rings. The van der Waals surface area contributed by atoms with E-state index < -0.39 is 11.4 Å². The van der Waals surface area contributed by atoms with E-state index in [-0.39, 0.29) is 6.03 Å². The number of nitrogens with one attached hydrogen (secondary N) is 1. The molecule has 1 heterocycles. The van der Waals surface area contributed by atoms with Gasteiger partial charge in [0.1, 0.15) is 0 Å². The normalized spacial score (nSPS) is 17.4. The van der Waals surface area contributed by atoms with Crippen LogP contribution in [0.2, 0.25) is 5.02 Å². The molecular weight excluding hydrogens is 292 g/mol. The van der Waals surface area contributed by atoms with Crippen LogP contribution in [0.25, 0.3) is 0 Å². The summed E-state index contributed by atoms with van der Waals surface area (Å²) in [6.07, 6.45) is 0.925. The van der Waals surface area contributed by atoms with Crippen molar-refractivity contribution in [3.05, 3.63) is 28.8 Å². The van der Waals surface area contributed by atoms with Crippen LogP contribution >= 0.6 is 11.6 Å². The Morgan fingerprint density at radius 3 is 2.48 bits per heavy atom. The number of halogens is 1. The van der Waals surface area contributed by atoms with E-state index in [9.17, 15) is 14.7 Å². The fraction of sp³-hybridized carbons (Fsp3) is 0.467. The minimum absolute atomic E-state index is 0.220. The van der Waals surface area contributed by atoms with Gasteiger partial charge in [-0.15, -0.1) is 0 Å². The van der Waals surface area contributed by atoms with Crippen LogP contribution in [-0.2, 0) is 4.79 Å². The topological polar surface area (TPSA) is 69.6 Å². The molecule has 2 amide bonds. The third kappa shape index (κ3) is 3.47. The predicted octanol–water partition coefficient (Wildman–Crippen LogP) is 3.37. The fourth-order valence-electron chi connectivity index (χ4n) is 2.29. The Bertz CT molecular complexity index is 566. The second kappa shape index (κ2) is 5.93. The number of carbonyl (C=O) groups is 2. The zero-order chi connectivity index (χ0) is 15.6. The number of amides is 2. The Morgan fingerprint density at radius 2 is 1.95 bits per heavy atom. The van der Waals surface area contributed by atoms with Gasteiger partial charge in [0.15, 0.2) is 0 Å². The second-order valence-corrected chi connectivity index (χ2v) is 6.15. The molecule has 5 nitrogen and oxygen atoms in total. The summed E-state index contributed by atoms with van der Waals surface area (Å²) in [6, 6.07) is 5.13. The Labute approximate surface area is 128 Å². The average molecular weight is 311 g/mol. The van der Waals surface area contributed by atoms with Crippen molar-refractivity contribution in [3.8, 4) is 0 Å². The van der Waals surface area contributed by atoms with E-state index >= 15 is 0 Å². The van der Waals surface area contributed by atoms with Gasteiger partial charge in [0.2, 0.25) is 0 Å². The van der Waals surface area contributed by atoms with Gasteiger partial charge in [0, 0.05) is 23.8 Å². The number of aryl methyl sites for hydroxylation is 1. The highest BCUT2D eigenvalue weighted by molar-refractivity contribution is 6.31. The highest BCUT2D eigenvalue weighted by Crippen LogP contribution is 2.31. The number of hydrogen-bond donors (Lipinski definition) is 2. The van der Waals surface area contributed by atoms with E-state index in [1.165, 1.54) is 0 Å². The van der Waals surface area contributed by atoms with Gasteiger partial charge < -0.3 is 15.3 Å². The Hall–Kier alpha value is -1.75. The lowest BCUT2D eigenvalue weighted by molar-refractivity contribution is -0.150. The number of anilines is 1. The molecule has 2 N–H and O–H groups in total. The quantitative estimate of drug-likeness (QED) is 0.880. The molecule has 1 aliphatic rings. The standard InChI is InChI=1S/C15H19ClN2O3/c1-10-3-4-11(9-12(10)16)17-14(21)18-7-5-15(2,6-8-18)13(19)20/h3-4,9H,5-8H2,1-2H3,(H,17,21)(H,19,20). The number of carbonyl (C=O) groups excluding carboxylic acids is 1. The zero-order valence-corrected chi connectivity index (χ0v) is 12.9. The summed E-state index contributed by atoms with van der Waals surface area (Å²) in [4.78, 5) is 25.0. The third-order valence-corrected chi connectivity index (χ3v) is 4.50. The molecule has 6 heteroatoms. The van der Waals surface area contributed by atoms with Crippen LogP contribution in [0.15, 0.2) is 18.2 Å². The molecule has 0 spiro atoms. The van der Waals surface area contributed by atoms with Crippen molar-refractivity contribution in [1.29, 1.82) is 0 Å². The van der Waals surface area contributed by atoms with Crippen molar-refractivity contribution >= 4 is 29.3 Å². The van der Waals surface area contributed by atoms with Crippen LogP contribution in [0.1, 0.15) is 25.3 Å². The number of piperidine rings is 1.